The summed E-state index contributed by atoms with van der Waals surface area (Å²) >= 11 is 0. The molecule has 7 heteroatoms. The Bertz CT molecular complexity index is 524. The first-order valence-corrected chi connectivity index (χ1v) is 7.99. The molecule has 0 bridgehead atoms. The van der Waals surface area contributed by atoms with Gasteiger partial charge < -0.3 is 15.0 Å². The van der Waals surface area contributed by atoms with Gasteiger partial charge in [0.1, 0.15) is 0 Å². The third-order valence-electron chi connectivity index (χ3n) is 4.30. The molecule has 0 spiro atoms. The van der Waals surface area contributed by atoms with Crippen LogP contribution in [0.15, 0.2) is 18.2 Å². The number of benzene rings is 1. The van der Waals surface area contributed by atoms with Crippen LogP contribution in [0.2, 0.25) is 0 Å². The largest absolute Gasteiger partial charge is 0.416 e. The Kier molecular flexibility index (Phi) is 5.08. The van der Waals surface area contributed by atoms with E-state index in [2.05, 4.69) is 10.2 Å². The Morgan fingerprint density at radius 1 is 1.00 bits per heavy atom. The second-order valence-electron chi connectivity index (χ2n) is 6.01. The summed E-state index contributed by atoms with van der Waals surface area (Å²) in [5, 5.41) is 3.26. The Labute approximate surface area is 134 Å². The van der Waals surface area contributed by atoms with E-state index >= 15 is 0 Å². The third-order valence-corrected chi connectivity index (χ3v) is 4.30. The van der Waals surface area contributed by atoms with Crippen molar-refractivity contribution in [2.24, 2.45) is 0 Å². The van der Waals surface area contributed by atoms with Gasteiger partial charge in [-0.25, -0.2) is 0 Å². The average molecular weight is 329 g/mol. The average Bonchev–Trinajstić information content (AvgIpc) is 2.55. The molecular formula is C16H22F3N3O. The van der Waals surface area contributed by atoms with Crippen LogP contribution in [0.4, 0.5) is 18.9 Å². The van der Waals surface area contributed by atoms with Crippen molar-refractivity contribution in [2.75, 3.05) is 57.4 Å². The molecule has 0 atom stereocenters. The molecule has 0 aromatic heterocycles. The van der Waals surface area contributed by atoms with Crippen molar-refractivity contribution in [3.05, 3.63) is 29.3 Å². The normalized spacial score (nSPS) is 20.7. The van der Waals surface area contributed by atoms with Gasteiger partial charge in [0.15, 0.2) is 0 Å². The summed E-state index contributed by atoms with van der Waals surface area (Å²) in [5.74, 6) is 0. The first-order valence-electron chi connectivity index (χ1n) is 7.99. The molecule has 4 nitrogen and oxygen atoms in total. The van der Waals surface area contributed by atoms with Gasteiger partial charge in [0.2, 0.25) is 0 Å². The minimum atomic E-state index is -4.32. The van der Waals surface area contributed by atoms with E-state index < -0.39 is 11.7 Å². The van der Waals surface area contributed by atoms with Crippen molar-refractivity contribution in [3.8, 4) is 0 Å². The van der Waals surface area contributed by atoms with E-state index in [1.165, 1.54) is 12.1 Å². The van der Waals surface area contributed by atoms with Crippen molar-refractivity contribution in [2.45, 2.75) is 12.7 Å². The van der Waals surface area contributed by atoms with Gasteiger partial charge in [-0.2, -0.15) is 13.2 Å². The number of piperazine rings is 1. The van der Waals surface area contributed by atoms with Crippen LogP contribution in [0.25, 0.3) is 0 Å². The molecule has 2 heterocycles. The quantitative estimate of drug-likeness (QED) is 0.917. The van der Waals surface area contributed by atoms with Crippen molar-refractivity contribution >= 4 is 5.69 Å². The molecule has 1 aromatic rings. The van der Waals surface area contributed by atoms with Gasteiger partial charge in [0.05, 0.1) is 18.8 Å². The number of rotatable bonds is 3. The number of nitrogens with zero attached hydrogens (tertiary/aromatic N) is 2. The second kappa shape index (κ2) is 7.07. The lowest BCUT2D eigenvalue weighted by Gasteiger charge is -2.31. The standard InChI is InChI=1S/C16H22F3N3O/c17-16(18,19)14-9-13(12-21-3-1-20-2-4-21)10-15(11-14)22-5-7-23-8-6-22/h9-11,20H,1-8,12H2. The van der Waals surface area contributed by atoms with Gasteiger partial charge in [0, 0.05) is 51.5 Å². The van der Waals surface area contributed by atoms with Crippen molar-refractivity contribution in [1.29, 1.82) is 0 Å². The van der Waals surface area contributed by atoms with E-state index in [9.17, 15) is 13.2 Å². The number of halogens is 3. The maximum atomic E-state index is 13.2. The number of hydrogen-bond donors (Lipinski definition) is 1. The smallest absolute Gasteiger partial charge is 0.378 e. The fraction of sp³-hybridized carbons (Fsp3) is 0.625. The maximum Gasteiger partial charge on any atom is 0.416 e. The summed E-state index contributed by atoms with van der Waals surface area (Å²) in [7, 11) is 0. The fourth-order valence-corrected chi connectivity index (χ4v) is 3.06. The summed E-state index contributed by atoms with van der Waals surface area (Å²) in [6.07, 6.45) is -4.32. The number of hydrogen-bond acceptors (Lipinski definition) is 4. The molecule has 2 fully saturated rings. The lowest BCUT2D eigenvalue weighted by Crippen LogP contribution is -2.43. The molecule has 1 N–H and O–H groups in total. The van der Waals surface area contributed by atoms with Crippen LogP contribution >= 0.6 is 0 Å². The van der Waals surface area contributed by atoms with Crippen LogP contribution in [0.5, 0.6) is 0 Å². The van der Waals surface area contributed by atoms with Gasteiger partial charge >= 0.3 is 6.18 Å². The van der Waals surface area contributed by atoms with Crippen LogP contribution in [-0.4, -0.2) is 57.4 Å². The molecule has 0 radical (unpaired) electrons. The van der Waals surface area contributed by atoms with E-state index in [0.717, 1.165) is 31.7 Å². The molecule has 1 aromatic carbocycles. The zero-order valence-corrected chi connectivity index (χ0v) is 13.0. The van der Waals surface area contributed by atoms with E-state index in [-0.39, 0.29) is 0 Å². The zero-order chi connectivity index (χ0) is 16.3. The van der Waals surface area contributed by atoms with E-state index in [0.29, 0.717) is 38.5 Å². The molecule has 3 rings (SSSR count). The number of morpholine rings is 1. The first-order chi connectivity index (χ1) is 11.0. The summed E-state index contributed by atoms with van der Waals surface area (Å²) in [6, 6.07) is 4.43. The highest BCUT2D eigenvalue weighted by Crippen LogP contribution is 2.33. The molecule has 2 aliphatic heterocycles. The summed E-state index contributed by atoms with van der Waals surface area (Å²) < 4.78 is 45.0. The fourth-order valence-electron chi connectivity index (χ4n) is 3.06. The topological polar surface area (TPSA) is 27.7 Å². The second-order valence-corrected chi connectivity index (χ2v) is 6.01. The Balaban J connectivity index is 1.84. The first kappa shape index (κ1) is 16.5. The van der Waals surface area contributed by atoms with Crippen LogP contribution in [0.1, 0.15) is 11.1 Å². The van der Waals surface area contributed by atoms with Crippen LogP contribution in [0, 0.1) is 0 Å². The van der Waals surface area contributed by atoms with E-state index in [1.54, 1.807) is 0 Å². The maximum absolute atomic E-state index is 13.2. The highest BCUT2D eigenvalue weighted by Gasteiger charge is 2.32. The molecule has 0 unspecified atom stereocenters. The highest BCUT2D eigenvalue weighted by atomic mass is 19.4. The molecular weight excluding hydrogens is 307 g/mol. The molecule has 0 aliphatic carbocycles. The lowest BCUT2D eigenvalue weighted by atomic mass is 10.1. The molecule has 0 saturated carbocycles. The van der Waals surface area contributed by atoms with Gasteiger partial charge in [-0.05, 0) is 23.8 Å². The van der Waals surface area contributed by atoms with Crippen molar-refractivity contribution in [1.82, 2.24) is 10.2 Å². The summed E-state index contributed by atoms with van der Waals surface area (Å²) in [6.45, 7) is 6.44. The molecule has 0 amide bonds. The number of ether oxygens (including phenoxy) is 1. The third kappa shape index (κ3) is 4.37. The van der Waals surface area contributed by atoms with Crippen LogP contribution in [-0.2, 0) is 17.5 Å². The summed E-state index contributed by atoms with van der Waals surface area (Å²) in [5.41, 5.74) is 0.808. The Morgan fingerprint density at radius 3 is 2.35 bits per heavy atom. The zero-order valence-electron chi connectivity index (χ0n) is 13.0. The van der Waals surface area contributed by atoms with Crippen molar-refractivity contribution in [3.63, 3.8) is 0 Å². The van der Waals surface area contributed by atoms with Gasteiger partial charge in [-0.15, -0.1) is 0 Å². The SMILES string of the molecule is FC(F)(F)c1cc(CN2CCNCC2)cc(N2CCOCC2)c1. The van der Waals surface area contributed by atoms with Crippen molar-refractivity contribution < 1.29 is 17.9 Å². The van der Waals surface area contributed by atoms with Crippen LogP contribution < -0.4 is 10.2 Å². The minimum Gasteiger partial charge on any atom is -0.378 e. The molecule has 128 valence electrons. The number of alkyl halides is 3. The predicted molar refractivity (Wildman–Crippen MR) is 82.6 cm³/mol. The Morgan fingerprint density at radius 2 is 1.70 bits per heavy atom. The summed E-state index contributed by atoms with van der Waals surface area (Å²) in [4.78, 5) is 4.16. The van der Waals surface area contributed by atoms with Gasteiger partial charge in [0.25, 0.3) is 0 Å². The highest BCUT2D eigenvalue weighted by molar-refractivity contribution is 5.52. The predicted octanol–water partition coefficient (Wildman–Crippen LogP) is 1.95. The van der Waals surface area contributed by atoms with E-state index in [4.69, 9.17) is 4.74 Å². The van der Waals surface area contributed by atoms with E-state index in [1.807, 2.05) is 11.0 Å². The van der Waals surface area contributed by atoms with Gasteiger partial charge in [-0.1, -0.05) is 0 Å². The molecule has 2 aliphatic rings. The monoisotopic (exact) mass is 329 g/mol. The Hall–Kier alpha value is -1.31. The molecule has 23 heavy (non-hydrogen) atoms. The lowest BCUT2D eigenvalue weighted by molar-refractivity contribution is -0.137. The number of nitrogens with one attached hydrogen (secondary N) is 1. The van der Waals surface area contributed by atoms with Gasteiger partial charge in [-0.3, -0.25) is 4.90 Å². The van der Waals surface area contributed by atoms with Crippen LogP contribution in [0.3, 0.4) is 0 Å². The minimum absolute atomic E-state index is 0.558. The molecule has 2 saturated heterocycles. The number of anilines is 1.